The van der Waals surface area contributed by atoms with Gasteiger partial charge in [-0.3, -0.25) is 14.7 Å². The van der Waals surface area contributed by atoms with E-state index in [2.05, 4.69) is 10.1 Å². The van der Waals surface area contributed by atoms with Crippen molar-refractivity contribution < 1.29 is 4.79 Å². The van der Waals surface area contributed by atoms with Crippen LogP contribution in [-0.4, -0.2) is 31.9 Å². The molecular formula is C19H19ClN4O2. The number of hydrogen-bond donors (Lipinski definition) is 1. The molecular weight excluding hydrogens is 352 g/mol. The Morgan fingerprint density at radius 3 is 2.81 bits per heavy atom. The smallest absolute Gasteiger partial charge is 0.276 e. The summed E-state index contributed by atoms with van der Waals surface area (Å²) in [5, 5.41) is 3.70. The summed E-state index contributed by atoms with van der Waals surface area (Å²) >= 11 is 6.26. The highest BCUT2D eigenvalue weighted by molar-refractivity contribution is 6.33. The van der Waals surface area contributed by atoms with Gasteiger partial charge in [-0.05, 0) is 12.5 Å². The van der Waals surface area contributed by atoms with Gasteiger partial charge >= 0.3 is 0 Å². The third kappa shape index (κ3) is 2.70. The molecule has 6 nitrogen and oxygen atoms in total. The molecule has 0 unspecified atom stereocenters. The average molecular weight is 371 g/mol. The Morgan fingerprint density at radius 2 is 2.08 bits per heavy atom. The Bertz CT molecular complexity index is 1070. The van der Waals surface area contributed by atoms with Gasteiger partial charge in [0.1, 0.15) is 0 Å². The first-order chi connectivity index (χ1) is 12.5. The Labute approximate surface area is 155 Å². The lowest BCUT2D eigenvalue weighted by Gasteiger charge is -2.29. The van der Waals surface area contributed by atoms with E-state index in [0.717, 1.165) is 11.3 Å². The van der Waals surface area contributed by atoms with E-state index in [1.54, 1.807) is 11.0 Å². The lowest BCUT2D eigenvalue weighted by Crippen LogP contribution is -2.41. The van der Waals surface area contributed by atoms with E-state index in [-0.39, 0.29) is 17.4 Å². The fraction of sp³-hybridized carbons (Fsp3) is 0.316. The van der Waals surface area contributed by atoms with Crippen LogP contribution in [0.4, 0.5) is 0 Å². The van der Waals surface area contributed by atoms with Gasteiger partial charge in [-0.15, -0.1) is 0 Å². The van der Waals surface area contributed by atoms with E-state index in [9.17, 15) is 9.59 Å². The predicted octanol–water partition coefficient (Wildman–Crippen LogP) is 2.88. The molecule has 1 amide bonds. The van der Waals surface area contributed by atoms with Gasteiger partial charge in [0, 0.05) is 34.7 Å². The van der Waals surface area contributed by atoms with Crippen LogP contribution < -0.4 is 5.56 Å². The molecule has 0 spiro atoms. The molecule has 0 radical (unpaired) electrons. The summed E-state index contributed by atoms with van der Waals surface area (Å²) in [5.41, 5.74) is 3.32. The maximum atomic E-state index is 12.9. The van der Waals surface area contributed by atoms with Crippen molar-refractivity contribution in [2.24, 2.45) is 5.92 Å². The number of benzene rings is 1. The van der Waals surface area contributed by atoms with E-state index in [1.807, 2.05) is 38.1 Å². The molecule has 0 bridgehead atoms. The van der Waals surface area contributed by atoms with Crippen LogP contribution in [-0.2, 0) is 17.8 Å². The summed E-state index contributed by atoms with van der Waals surface area (Å²) in [4.78, 5) is 31.6. The van der Waals surface area contributed by atoms with Gasteiger partial charge in [0.05, 0.1) is 17.9 Å². The first-order valence-electron chi connectivity index (χ1n) is 8.63. The van der Waals surface area contributed by atoms with Gasteiger partial charge in [0.25, 0.3) is 5.56 Å². The van der Waals surface area contributed by atoms with Crippen LogP contribution in [0, 0.1) is 5.92 Å². The van der Waals surface area contributed by atoms with Crippen molar-refractivity contribution in [2.75, 3.05) is 6.54 Å². The van der Waals surface area contributed by atoms with Crippen molar-refractivity contribution in [3.63, 3.8) is 0 Å². The summed E-state index contributed by atoms with van der Waals surface area (Å²) in [6.45, 7) is 4.69. The van der Waals surface area contributed by atoms with E-state index in [1.165, 1.54) is 4.52 Å². The number of fused-ring (bicyclic) bond motifs is 2. The molecule has 0 saturated carbocycles. The average Bonchev–Trinajstić information content (AvgIpc) is 3.05. The van der Waals surface area contributed by atoms with Crippen molar-refractivity contribution in [1.29, 1.82) is 0 Å². The van der Waals surface area contributed by atoms with Crippen molar-refractivity contribution in [2.45, 2.75) is 26.8 Å². The molecule has 1 N–H and O–H groups in total. The minimum absolute atomic E-state index is 0.0690. The number of aromatic nitrogens is 3. The Morgan fingerprint density at radius 1 is 1.31 bits per heavy atom. The van der Waals surface area contributed by atoms with Gasteiger partial charge in [-0.1, -0.05) is 43.6 Å². The Balaban J connectivity index is 1.80. The molecule has 4 rings (SSSR count). The first kappa shape index (κ1) is 16.8. The highest BCUT2D eigenvalue weighted by Gasteiger charge is 2.26. The molecule has 0 aliphatic carbocycles. The van der Waals surface area contributed by atoms with Crippen LogP contribution in [0.5, 0.6) is 0 Å². The minimum Gasteiger partial charge on any atom is -0.336 e. The van der Waals surface area contributed by atoms with E-state index in [4.69, 9.17) is 11.6 Å². The van der Waals surface area contributed by atoms with Gasteiger partial charge in [-0.25, -0.2) is 9.50 Å². The third-order valence-corrected chi connectivity index (χ3v) is 5.07. The number of hydrogen-bond acceptors (Lipinski definition) is 3. The molecule has 2 aromatic heterocycles. The van der Waals surface area contributed by atoms with Crippen LogP contribution in [0.1, 0.15) is 25.1 Å². The highest BCUT2D eigenvalue weighted by Crippen LogP contribution is 2.27. The number of nitrogens with one attached hydrogen (secondary N) is 1. The minimum atomic E-state index is -0.111. The number of carbonyl (C=O) groups is 1. The lowest BCUT2D eigenvalue weighted by atomic mass is 10.0. The molecule has 0 atom stereocenters. The van der Waals surface area contributed by atoms with E-state index in [0.29, 0.717) is 41.4 Å². The number of carbonyl (C=O) groups excluding carboxylic acids is 1. The summed E-state index contributed by atoms with van der Waals surface area (Å²) in [5.74, 6) is 0.0175. The summed E-state index contributed by atoms with van der Waals surface area (Å²) in [6, 6.07) is 9.26. The second-order valence-corrected chi connectivity index (χ2v) is 7.26. The molecule has 26 heavy (non-hydrogen) atoms. The predicted molar refractivity (Wildman–Crippen MR) is 100 cm³/mol. The molecule has 0 saturated heterocycles. The van der Waals surface area contributed by atoms with E-state index < -0.39 is 0 Å². The third-order valence-electron chi connectivity index (χ3n) is 4.74. The molecule has 3 aromatic rings. The number of H-pyrrole nitrogens is 1. The number of nitrogens with zero attached hydrogens (tertiary/aromatic N) is 3. The maximum absolute atomic E-state index is 12.9. The van der Waals surface area contributed by atoms with Gasteiger partial charge in [0.2, 0.25) is 5.91 Å². The molecule has 134 valence electrons. The Hall–Kier alpha value is -2.60. The normalized spacial score (nSPS) is 14.1. The largest absolute Gasteiger partial charge is 0.336 e. The SMILES string of the molecule is CC(C)C(=O)N1CCc2c(nc3cc(-c4ccccc4Cl)[nH]n3c2=O)C1. The number of halogens is 1. The maximum Gasteiger partial charge on any atom is 0.276 e. The van der Waals surface area contributed by atoms with Crippen molar-refractivity contribution in [3.05, 3.63) is 57.0 Å². The quantitative estimate of drug-likeness (QED) is 0.754. The van der Waals surface area contributed by atoms with Crippen molar-refractivity contribution >= 4 is 23.2 Å². The summed E-state index contributed by atoms with van der Waals surface area (Å²) in [6.07, 6.45) is 0.517. The summed E-state index contributed by atoms with van der Waals surface area (Å²) in [7, 11) is 0. The number of amides is 1. The molecule has 0 fully saturated rings. The standard InChI is InChI=1S/C19H19ClN4O2/c1-11(2)18(25)23-8-7-13-16(10-23)21-17-9-15(22-24(17)19(13)26)12-5-3-4-6-14(12)20/h3-6,9,11,22H,7-8,10H2,1-2H3. The monoisotopic (exact) mass is 370 g/mol. The fourth-order valence-corrected chi connectivity index (χ4v) is 3.60. The van der Waals surface area contributed by atoms with Gasteiger partial charge < -0.3 is 4.90 Å². The second kappa shape index (κ2) is 6.29. The van der Waals surface area contributed by atoms with Gasteiger partial charge in [0.15, 0.2) is 5.65 Å². The molecule has 3 heterocycles. The zero-order valence-electron chi connectivity index (χ0n) is 14.6. The fourth-order valence-electron chi connectivity index (χ4n) is 3.36. The topological polar surface area (TPSA) is 70.5 Å². The van der Waals surface area contributed by atoms with E-state index >= 15 is 0 Å². The number of aromatic amines is 1. The lowest BCUT2D eigenvalue weighted by molar-refractivity contribution is -0.135. The van der Waals surface area contributed by atoms with Crippen LogP contribution in [0.25, 0.3) is 16.9 Å². The Kier molecular flexibility index (Phi) is 4.07. The van der Waals surface area contributed by atoms with Crippen LogP contribution in [0.3, 0.4) is 0 Å². The zero-order chi connectivity index (χ0) is 18.4. The van der Waals surface area contributed by atoms with Crippen LogP contribution in [0.15, 0.2) is 35.1 Å². The molecule has 1 aliphatic heterocycles. The number of rotatable bonds is 2. The zero-order valence-corrected chi connectivity index (χ0v) is 15.4. The summed E-state index contributed by atoms with van der Waals surface area (Å²) < 4.78 is 1.46. The van der Waals surface area contributed by atoms with Crippen LogP contribution in [0.2, 0.25) is 5.02 Å². The van der Waals surface area contributed by atoms with Crippen molar-refractivity contribution in [1.82, 2.24) is 19.5 Å². The molecule has 7 heteroatoms. The van der Waals surface area contributed by atoms with Crippen LogP contribution >= 0.6 is 11.6 Å². The van der Waals surface area contributed by atoms with Crippen molar-refractivity contribution in [3.8, 4) is 11.3 Å². The second-order valence-electron chi connectivity index (χ2n) is 6.85. The first-order valence-corrected chi connectivity index (χ1v) is 9.00. The highest BCUT2D eigenvalue weighted by atomic mass is 35.5. The molecule has 1 aliphatic rings. The molecule has 1 aromatic carbocycles. The van der Waals surface area contributed by atoms with Gasteiger partial charge in [-0.2, -0.15) is 0 Å².